The Morgan fingerprint density at radius 3 is 2.64 bits per heavy atom. The highest BCUT2D eigenvalue weighted by Crippen LogP contribution is 2.42. The van der Waals surface area contributed by atoms with Crippen LogP contribution in [0.3, 0.4) is 0 Å². The molecule has 2 atom stereocenters. The second-order valence-corrected chi connectivity index (χ2v) is 4.66. The number of fused-ring (bicyclic) bond motifs is 1. The Kier molecular flexibility index (Phi) is 1.71. The summed E-state index contributed by atoms with van der Waals surface area (Å²) in [6.45, 7) is 4.46. The van der Waals surface area contributed by atoms with Crippen molar-refractivity contribution in [3.05, 3.63) is 0 Å². The van der Waals surface area contributed by atoms with E-state index in [1.54, 1.807) is 0 Å². The van der Waals surface area contributed by atoms with Crippen LogP contribution in [0.1, 0.15) is 46.0 Å². The van der Waals surface area contributed by atoms with Crippen LogP contribution < -0.4 is 0 Å². The molecule has 0 amide bonds. The fourth-order valence-electron chi connectivity index (χ4n) is 2.65. The number of hydrogen-bond acceptors (Lipinski definition) is 1. The summed E-state index contributed by atoms with van der Waals surface area (Å²) >= 11 is 0. The van der Waals surface area contributed by atoms with Crippen LogP contribution in [-0.4, -0.2) is 11.7 Å². The van der Waals surface area contributed by atoms with Gasteiger partial charge in [0.2, 0.25) is 0 Å². The zero-order valence-corrected chi connectivity index (χ0v) is 7.60. The highest BCUT2D eigenvalue weighted by molar-refractivity contribution is 4.90. The highest BCUT2D eigenvalue weighted by atomic mass is 16.5. The van der Waals surface area contributed by atoms with E-state index in [2.05, 4.69) is 13.8 Å². The van der Waals surface area contributed by atoms with Gasteiger partial charge in [0.1, 0.15) is 0 Å². The first-order valence-electron chi connectivity index (χ1n) is 4.85. The molecule has 64 valence electrons. The minimum absolute atomic E-state index is 0.180. The summed E-state index contributed by atoms with van der Waals surface area (Å²) in [5.74, 6) is 0.888. The molecule has 11 heavy (non-hydrogen) atoms. The summed E-state index contributed by atoms with van der Waals surface area (Å²) in [5, 5.41) is 0. The van der Waals surface area contributed by atoms with Gasteiger partial charge in [0.25, 0.3) is 0 Å². The standard InChI is InChI=1S/C10H18O/c1-10(2)7-8-5-3-4-6-9(8)11-10/h8-9H,3-7H2,1-2H3. The maximum Gasteiger partial charge on any atom is 0.0634 e. The molecule has 0 aromatic carbocycles. The third kappa shape index (κ3) is 1.44. The van der Waals surface area contributed by atoms with Crippen LogP contribution in [0, 0.1) is 5.92 Å². The van der Waals surface area contributed by atoms with Gasteiger partial charge in [-0.25, -0.2) is 0 Å². The van der Waals surface area contributed by atoms with Gasteiger partial charge in [-0.15, -0.1) is 0 Å². The van der Waals surface area contributed by atoms with Crippen LogP contribution in [0.2, 0.25) is 0 Å². The lowest BCUT2D eigenvalue weighted by Gasteiger charge is -2.23. The van der Waals surface area contributed by atoms with Crippen molar-refractivity contribution < 1.29 is 4.74 Å². The third-order valence-electron chi connectivity index (χ3n) is 3.06. The minimum atomic E-state index is 0.180. The van der Waals surface area contributed by atoms with Crippen molar-refractivity contribution in [3.63, 3.8) is 0 Å². The van der Waals surface area contributed by atoms with Crippen molar-refractivity contribution in [2.75, 3.05) is 0 Å². The summed E-state index contributed by atoms with van der Waals surface area (Å²) in [5.41, 5.74) is 0.180. The summed E-state index contributed by atoms with van der Waals surface area (Å²) in [4.78, 5) is 0. The molecule has 2 aliphatic rings. The minimum Gasteiger partial charge on any atom is -0.372 e. The molecule has 1 heteroatoms. The Balaban J connectivity index is 2.03. The molecule has 1 aliphatic carbocycles. The molecule has 1 nitrogen and oxygen atoms in total. The van der Waals surface area contributed by atoms with Gasteiger partial charge in [-0.3, -0.25) is 0 Å². The molecular formula is C10H18O. The van der Waals surface area contributed by atoms with Crippen LogP contribution in [-0.2, 0) is 4.74 Å². The van der Waals surface area contributed by atoms with Gasteiger partial charge in [-0.2, -0.15) is 0 Å². The maximum atomic E-state index is 5.95. The second-order valence-electron chi connectivity index (χ2n) is 4.66. The zero-order valence-electron chi connectivity index (χ0n) is 7.60. The van der Waals surface area contributed by atoms with E-state index < -0.39 is 0 Å². The first kappa shape index (κ1) is 7.60. The molecule has 0 N–H and O–H groups in total. The average molecular weight is 154 g/mol. The Morgan fingerprint density at radius 2 is 1.91 bits per heavy atom. The summed E-state index contributed by atoms with van der Waals surface area (Å²) in [6.07, 6.45) is 7.44. The fraction of sp³-hybridized carbons (Fsp3) is 1.00. The summed E-state index contributed by atoms with van der Waals surface area (Å²) in [7, 11) is 0. The first-order chi connectivity index (χ1) is 5.17. The van der Waals surface area contributed by atoms with E-state index in [0.717, 1.165) is 5.92 Å². The van der Waals surface area contributed by atoms with Crippen LogP contribution in [0.25, 0.3) is 0 Å². The molecule has 0 spiro atoms. The van der Waals surface area contributed by atoms with Crippen molar-refractivity contribution in [2.24, 2.45) is 5.92 Å². The monoisotopic (exact) mass is 154 g/mol. The smallest absolute Gasteiger partial charge is 0.0634 e. The largest absolute Gasteiger partial charge is 0.372 e. The van der Waals surface area contributed by atoms with E-state index in [1.807, 2.05) is 0 Å². The fourth-order valence-corrected chi connectivity index (χ4v) is 2.65. The van der Waals surface area contributed by atoms with Gasteiger partial charge >= 0.3 is 0 Å². The Morgan fingerprint density at radius 1 is 1.18 bits per heavy atom. The van der Waals surface area contributed by atoms with E-state index in [1.165, 1.54) is 32.1 Å². The maximum absolute atomic E-state index is 5.95. The van der Waals surface area contributed by atoms with Crippen molar-refractivity contribution in [1.29, 1.82) is 0 Å². The zero-order chi connectivity index (χ0) is 7.90. The van der Waals surface area contributed by atoms with E-state index >= 15 is 0 Å². The van der Waals surface area contributed by atoms with E-state index in [9.17, 15) is 0 Å². The molecule has 2 rings (SSSR count). The number of ether oxygens (including phenoxy) is 1. The molecule has 2 unspecified atom stereocenters. The van der Waals surface area contributed by atoms with Crippen molar-refractivity contribution >= 4 is 0 Å². The lowest BCUT2D eigenvalue weighted by atomic mass is 9.84. The average Bonchev–Trinajstić information content (AvgIpc) is 2.21. The summed E-state index contributed by atoms with van der Waals surface area (Å²) in [6, 6.07) is 0. The Hall–Kier alpha value is -0.0400. The molecule has 0 aromatic heterocycles. The Labute approximate surface area is 69.1 Å². The van der Waals surface area contributed by atoms with Gasteiger partial charge in [-0.05, 0) is 39.0 Å². The third-order valence-corrected chi connectivity index (χ3v) is 3.06. The van der Waals surface area contributed by atoms with Crippen LogP contribution in [0.5, 0.6) is 0 Å². The van der Waals surface area contributed by atoms with Gasteiger partial charge in [0.05, 0.1) is 11.7 Å². The molecule has 1 heterocycles. The van der Waals surface area contributed by atoms with Crippen molar-refractivity contribution in [3.8, 4) is 0 Å². The molecular weight excluding hydrogens is 136 g/mol. The topological polar surface area (TPSA) is 9.23 Å². The van der Waals surface area contributed by atoms with Gasteiger partial charge in [0, 0.05) is 0 Å². The predicted octanol–water partition coefficient (Wildman–Crippen LogP) is 2.74. The predicted molar refractivity (Wildman–Crippen MR) is 45.5 cm³/mol. The van der Waals surface area contributed by atoms with Gasteiger partial charge in [0.15, 0.2) is 0 Å². The van der Waals surface area contributed by atoms with Crippen molar-refractivity contribution in [2.45, 2.75) is 57.7 Å². The first-order valence-corrected chi connectivity index (χ1v) is 4.85. The quantitative estimate of drug-likeness (QED) is 0.521. The molecule has 0 radical (unpaired) electrons. The lowest BCUT2D eigenvalue weighted by molar-refractivity contribution is -0.0302. The normalized spacial score (nSPS) is 42.0. The van der Waals surface area contributed by atoms with E-state index in [-0.39, 0.29) is 5.60 Å². The molecule has 2 fully saturated rings. The molecule has 1 aliphatic heterocycles. The van der Waals surface area contributed by atoms with Gasteiger partial charge < -0.3 is 4.74 Å². The molecule has 1 saturated heterocycles. The van der Waals surface area contributed by atoms with Crippen LogP contribution in [0.15, 0.2) is 0 Å². The SMILES string of the molecule is CC1(C)CC2CCCCC2O1. The van der Waals surface area contributed by atoms with E-state index in [0.29, 0.717) is 6.10 Å². The highest BCUT2D eigenvalue weighted by Gasteiger charge is 2.40. The van der Waals surface area contributed by atoms with Crippen molar-refractivity contribution in [1.82, 2.24) is 0 Å². The molecule has 1 saturated carbocycles. The molecule has 0 aromatic rings. The summed E-state index contributed by atoms with van der Waals surface area (Å²) < 4.78 is 5.95. The van der Waals surface area contributed by atoms with Gasteiger partial charge in [-0.1, -0.05) is 12.8 Å². The number of rotatable bonds is 0. The lowest BCUT2D eigenvalue weighted by Crippen LogP contribution is -2.21. The van der Waals surface area contributed by atoms with Crippen LogP contribution >= 0.6 is 0 Å². The second kappa shape index (κ2) is 2.48. The van der Waals surface area contributed by atoms with E-state index in [4.69, 9.17) is 4.74 Å². The Bertz CT molecular complexity index is 135. The molecule has 0 bridgehead atoms. The number of hydrogen-bond donors (Lipinski definition) is 0. The van der Waals surface area contributed by atoms with Crippen LogP contribution in [0.4, 0.5) is 0 Å².